The number of para-hydroxylation sites is 2. The van der Waals surface area contributed by atoms with Crippen LogP contribution in [0, 0.1) is 11.3 Å². The summed E-state index contributed by atoms with van der Waals surface area (Å²) in [4.78, 5) is 28.4. The number of hydrogen-bond acceptors (Lipinski definition) is 7. The van der Waals surface area contributed by atoms with Gasteiger partial charge < -0.3 is 9.88 Å². The van der Waals surface area contributed by atoms with Crippen LogP contribution in [-0.4, -0.2) is 53.2 Å². The molecule has 11 heteroatoms. The molecule has 28 heavy (non-hydrogen) atoms. The number of aromatic nitrogens is 2. The van der Waals surface area contributed by atoms with Crippen LogP contribution in [-0.2, 0) is 21.2 Å². The molecule has 1 aromatic heterocycles. The zero-order valence-electron chi connectivity index (χ0n) is 14.9. The fraction of sp³-hybridized carbons (Fsp3) is 0.412. The van der Waals surface area contributed by atoms with Gasteiger partial charge in [0.15, 0.2) is 15.0 Å². The number of aryl methyl sites for hydroxylation is 1. The molecule has 0 radical (unpaired) electrons. The van der Waals surface area contributed by atoms with Crippen molar-refractivity contribution in [1.29, 1.82) is 5.26 Å². The maximum absolute atomic E-state index is 12.1. The van der Waals surface area contributed by atoms with Gasteiger partial charge in [-0.15, -0.1) is 0 Å². The van der Waals surface area contributed by atoms with Crippen LogP contribution < -0.4 is 10.6 Å². The van der Waals surface area contributed by atoms with Crippen molar-refractivity contribution in [2.45, 2.75) is 30.6 Å². The van der Waals surface area contributed by atoms with Crippen molar-refractivity contribution in [3.63, 3.8) is 0 Å². The highest BCUT2D eigenvalue weighted by Gasteiger charge is 2.29. The Morgan fingerprint density at radius 3 is 2.86 bits per heavy atom. The molecule has 0 bridgehead atoms. The fourth-order valence-electron chi connectivity index (χ4n) is 2.96. The number of imide groups is 1. The Morgan fingerprint density at radius 2 is 2.14 bits per heavy atom. The number of benzene rings is 1. The minimum Gasteiger partial charge on any atom is -0.334 e. The van der Waals surface area contributed by atoms with E-state index in [-0.39, 0.29) is 17.3 Å². The minimum atomic E-state index is -3.11. The smallest absolute Gasteiger partial charge is 0.321 e. The van der Waals surface area contributed by atoms with Gasteiger partial charge in [0, 0.05) is 12.6 Å². The largest absolute Gasteiger partial charge is 0.334 e. The van der Waals surface area contributed by atoms with Crippen LogP contribution in [0.2, 0.25) is 0 Å². The van der Waals surface area contributed by atoms with E-state index < -0.39 is 27.8 Å². The molecule has 1 aromatic carbocycles. The monoisotopic (exact) mass is 421 g/mol. The summed E-state index contributed by atoms with van der Waals surface area (Å²) in [6.45, 7) is 0.456. The summed E-state index contributed by atoms with van der Waals surface area (Å²) in [5, 5.41) is 14.2. The Labute approximate surface area is 166 Å². The molecule has 0 saturated carbocycles. The van der Waals surface area contributed by atoms with E-state index >= 15 is 0 Å². The summed E-state index contributed by atoms with van der Waals surface area (Å²) in [6, 6.07) is 8.41. The Bertz CT molecular complexity index is 1040. The van der Waals surface area contributed by atoms with Gasteiger partial charge in [-0.3, -0.25) is 10.1 Å². The molecule has 0 spiro atoms. The number of sulfone groups is 1. The third kappa shape index (κ3) is 5.02. The number of fused-ring (bicyclic) bond motifs is 1. The van der Waals surface area contributed by atoms with E-state index in [1.165, 1.54) is 11.8 Å². The van der Waals surface area contributed by atoms with E-state index in [2.05, 4.69) is 21.7 Å². The number of urea groups is 1. The first-order valence-corrected chi connectivity index (χ1v) is 11.4. The predicted molar refractivity (Wildman–Crippen MR) is 104 cm³/mol. The molecule has 1 saturated heterocycles. The normalized spacial score (nSPS) is 17.9. The highest BCUT2D eigenvalue weighted by molar-refractivity contribution is 7.99. The fourth-order valence-corrected chi connectivity index (χ4v) is 5.48. The van der Waals surface area contributed by atoms with Gasteiger partial charge in [0.1, 0.15) is 0 Å². The third-order valence-corrected chi connectivity index (χ3v) is 6.96. The Balaban J connectivity index is 1.57. The number of nitrogens with one attached hydrogen (secondary N) is 2. The summed E-state index contributed by atoms with van der Waals surface area (Å²) in [7, 11) is -3.11. The summed E-state index contributed by atoms with van der Waals surface area (Å²) >= 11 is 1.17. The summed E-state index contributed by atoms with van der Waals surface area (Å²) in [5.41, 5.74) is 1.64. The Hall–Kier alpha value is -2.58. The molecule has 9 nitrogen and oxygen atoms in total. The summed E-state index contributed by atoms with van der Waals surface area (Å²) in [6.07, 6.45) is 0.661. The van der Waals surface area contributed by atoms with Gasteiger partial charge in [-0.2, -0.15) is 5.26 Å². The van der Waals surface area contributed by atoms with Gasteiger partial charge in [-0.05, 0) is 18.6 Å². The average molecular weight is 422 g/mol. The van der Waals surface area contributed by atoms with E-state index in [4.69, 9.17) is 5.26 Å². The highest BCUT2D eigenvalue weighted by atomic mass is 32.2. The number of carbonyl (C=O) groups is 2. The maximum atomic E-state index is 12.1. The number of amides is 3. The summed E-state index contributed by atoms with van der Waals surface area (Å²) < 4.78 is 24.7. The molecular weight excluding hydrogens is 402 g/mol. The molecular formula is C17H19N5O4S2. The number of imidazole rings is 1. The van der Waals surface area contributed by atoms with Crippen LogP contribution in [0.15, 0.2) is 29.4 Å². The standard InChI is InChI=1S/C17H19N5O4S2/c18-7-3-8-22-14-5-2-1-4-13(14)20-17(22)27-10-15(23)21-16(24)19-12-6-9-28(25,26)11-12/h1-2,4-5,12H,3,6,8-11H2,(H2,19,21,23,24)/t12-/m0/s1. The Kier molecular flexibility index (Phi) is 6.21. The van der Waals surface area contributed by atoms with Crippen molar-refractivity contribution < 1.29 is 18.0 Å². The quantitative estimate of drug-likeness (QED) is 0.666. The first-order valence-electron chi connectivity index (χ1n) is 8.64. The van der Waals surface area contributed by atoms with Crippen molar-refractivity contribution in [3.8, 4) is 6.07 Å². The van der Waals surface area contributed by atoms with E-state index in [0.29, 0.717) is 24.5 Å². The lowest BCUT2D eigenvalue weighted by atomic mass is 10.3. The van der Waals surface area contributed by atoms with E-state index in [0.717, 1.165) is 11.0 Å². The molecule has 2 heterocycles. The van der Waals surface area contributed by atoms with Crippen molar-refractivity contribution in [2.75, 3.05) is 17.3 Å². The van der Waals surface area contributed by atoms with Crippen LogP contribution in [0.25, 0.3) is 11.0 Å². The molecule has 3 rings (SSSR count). The average Bonchev–Trinajstić information content (AvgIpc) is 3.17. The Morgan fingerprint density at radius 1 is 1.36 bits per heavy atom. The first kappa shape index (κ1) is 20.2. The molecule has 1 aliphatic rings. The van der Waals surface area contributed by atoms with Crippen molar-refractivity contribution in [1.82, 2.24) is 20.2 Å². The molecule has 1 aliphatic heterocycles. The second-order valence-corrected chi connectivity index (χ2v) is 9.52. The number of nitriles is 1. The number of nitrogens with zero attached hydrogens (tertiary/aromatic N) is 3. The highest BCUT2D eigenvalue weighted by Crippen LogP contribution is 2.24. The van der Waals surface area contributed by atoms with Crippen LogP contribution >= 0.6 is 11.8 Å². The zero-order chi connectivity index (χ0) is 20.1. The second kappa shape index (κ2) is 8.62. The SMILES string of the molecule is N#CCCn1c(SCC(=O)NC(=O)N[C@H]2CCS(=O)(=O)C2)nc2ccccc21. The van der Waals surface area contributed by atoms with Crippen LogP contribution in [0.5, 0.6) is 0 Å². The lowest BCUT2D eigenvalue weighted by Gasteiger charge is -2.11. The number of thioether (sulfide) groups is 1. The number of rotatable bonds is 6. The van der Waals surface area contributed by atoms with Gasteiger partial charge in [-0.1, -0.05) is 23.9 Å². The molecule has 3 amide bonds. The molecule has 1 atom stereocenters. The lowest BCUT2D eigenvalue weighted by molar-refractivity contribution is -0.117. The van der Waals surface area contributed by atoms with Gasteiger partial charge in [0.05, 0.1) is 40.8 Å². The number of carbonyl (C=O) groups excluding carboxylic acids is 2. The van der Waals surface area contributed by atoms with Gasteiger partial charge in [0.25, 0.3) is 0 Å². The third-order valence-electron chi connectivity index (χ3n) is 4.22. The first-order chi connectivity index (χ1) is 13.4. The molecule has 2 N–H and O–H groups in total. The number of hydrogen-bond donors (Lipinski definition) is 2. The lowest BCUT2D eigenvalue weighted by Crippen LogP contribution is -2.45. The van der Waals surface area contributed by atoms with E-state index in [1.54, 1.807) is 0 Å². The second-order valence-electron chi connectivity index (χ2n) is 6.35. The van der Waals surface area contributed by atoms with Crippen LogP contribution in [0.1, 0.15) is 12.8 Å². The molecule has 0 aliphatic carbocycles. The van der Waals surface area contributed by atoms with Crippen LogP contribution in [0.4, 0.5) is 4.79 Å². The van der Waals surface area contributed by atoms with Crippen molar-refractivity contribution >= 4 is 44.6 Å². The van der Waals surface area contributed by atoms with Gasteiger partial charge in [0.2, 0.25) is 5.91 Å². The van der Waals surface area contributed by atoms with E-state index in [9.17, 15) is 18.0 Å². The van der Waals surface area contributed by atoms with Crippen LogP contribution in [0.3, 0.4) is 0 Å². The van der Waals surface area contributed by atoms with Gasteiger partial charge >= 0.3 is 6.03 Å². The maximum Gasteiger partial charge on any atom is 0.321 e. The van der Waals surface area contributed by atoms with Crippen molar-refractivity contribution in [2.24, 2.45) is 0 Å². The molecule has 0 unspecified atom stereocenters. The minimum absolute atomic E-state index is 0.0355. The summed E-state index contributed by atoms with van der Waals surface area (Å²) in [5.74, 6) is -0.610. The zero-order valence-corrected chi connectivity index (χ0v) is 16.6. The van der Waals surface area contributed by atoms with Gasteiger partial charge in [-0.25, -0.2) is 18.2 Å². The molecule has 1 fully saturated rings. The molecule has 148 valence electrons. The van der Waals surface area contributed by atoms with E-state index in [1.807, 2.05) is 28.8 Å². The predicted octanol–water partition coefficient (Wildman–Crippen LogP) is 1.05. The molecule has 2 aromatic rings. The van der Waals surface area contributed by atoms with Crippen molar-refractivity contribution in [3.05, 3.63) is 24.3 Å². The topological polar surface area (TPSA) is 134 Å².